The van der Waals surface area contributed by atoms with Crippen molar-refractivity contribution in [3.8, 4) is 0 Å². The Hall–Kier alpha value is -3.22. The lowest BCUT2D eigenvalue weighted by atomic mass is 10.1. The second-order valence-electron chi connectivity index (χ2n) is 5.87. The molecule has 0 amide bonds. The molecule has 0 saturated heterocycles. The summed E-state index contributed by atoms with van der Waals surface area (Å²) < 4.78 is 15.9. The van der Waals surface area contributed by atoms with Crippen molar-refractivity contribution in [2.45, 2.75) is 0 Å². The van der Waals surface area contributed by atoms with Crippen molar-refractivity contribution in [1.82, 2.24) is 9.55 Å². The fraction of sp³-hybridized carbons (Fsp3) is 0.167. The molecular formula is C18H19FN6. The lowest BCUT2D eigenvalue weighted by Crippen LogP contribution is -2.27. The monoisotopic (exact) mass is 338 g/mol. The molecule has 0 saturated carbocycles. The Labute approximate surface area is 144 Å². The van der Waals surface area contributed by atoms with Crippen LogP contribution in [0, 0.1) is 16.6 Å². The number of halogens is 1. The first-order valence-corrected chi connectivity index (χ1v) is 7.71. The summed E-state index contributed by atoms with van der Waals surface area (Å²) in [4.78, 5) is 7.76. The molecule has 2 N–H and O–H groups in total. The van der Waals surface area contributed by atoms with Crippen LogP contribution in [0.5, 0.6) is 0 Å². The van der Waals surface area contributed by atoms with Crippen molar-refractivity contribution < 1.29 is 4.39 Å². The quantitative estimate of drug-likeness (QED) is 0.567. The third-order valence-corrected chi connectivity index (χ3v) is 4.08. The standard InChI is InChI=1S/C18H19FN6/c1-23(2)16-10-15-13(9-14(16)19)17(22-18(21)25(15)11-20)24(3)12-7-5-4-6-8-12/h4-11,20-21H,1-3H3. The van der Waals surface area contributed by atoms with E-state index in [4.69, 9.17) is 10.8 Å². The van der Waals surface area contributed by atoms with Crippen LogP contribution in [0.3, 0.4) is 0 Å². The minimum Gasteiger partial charge on any atom is -0.375 e. The van der Waals surface area contributed by atoms with Crippen molar-refractivity contribution >= 4 is 34.4 Å². The fourth-order valence-corrected chi connectivity index (χ4v) is 2.76. The highest BCUT2D eigenvalue weighted by atomic mass is 19.1. The van der Waals surface area contributed by atoms with Crippen LogP contribution in [0.25, 0.3) is 10.9 Å². The third kappa shape index (κ3) is 2.84. The van der Waals surface area contributed by atoms with Crippen molar-refractivity contribution in [2.24, 2.45) is 0 Å². The number of benzene rings is 2. The predicted octanol–water partition coefficient (Wildman–Crippen LogP) is 2.94. The van der Waals surface area contributed by atoms with Gasteiger partial charge < -0.3 is 9.80 Å². The molecule has 7 heteroatoms. The maximum absolute atomic E-state index is 14.6. The van der Waals surface area contributed by atoms with Crippen LogP contribution in [-0.4, -0.2) is 37.0 Å². The second kappa shape index (κ2) is 6.35. The van der Waals surface area contributed by atoms with Gasteiger partial charge in [0.05, 0.1) is 17.5 Å². The number of para-hydroxylation sites is 1. The smallest absolute Gasteiger partial charge is 0.229 e. The van der Waals surface area contributed by atoms with Crippen molar-refractivity contribution in [3.05, 3.63) is 53.9 Å². The number of hydrogen-bond acceptors (Lipinski definition) is 5. The number of nitrogens with one attached hydrogen (secondary N) is 2. The van der Waals surface area contributed by atoms with E-state index in [0.29, 0.717) is 22.4 Å². The summed E-state index contributed by atoms with van der Waals surface area (Å²) >= 11 is 0. The van der Waals surface area contributed by atoms with Crippen molar-refractivity contribution in [3.63, 3.8) is 0 Å². The van der Waals surface area contributed by atoms with E-state index in [9.17, 15) is 4.39 Å². The number of rotatable bonds is 4. The Kier molecular flexibility index (Phi) is 4.22. The zero-order valence-electron chi connectivity index (χ0n) is 14.3. The van der Waals surface area contributed by atoms with Gasteiger partial charge in [0.1, 0.15) is 11.6 Å². The molecule has 0 atom stereocenters. The Morgan fingerprint density at radius 2 is 1.80 bits per heavy atom. The van der Waals surface area contributed by atoms with E-state index in [-0.39, 0.29) is 11.4 Å². The number of nitrogens with zero attached hydrogens (tertiary/aromatic N) is 4. The molecule has 128 valence electrons. The van der Waals surface area contributed by atoms with E-state index < -0.39 is 0 Å². The second-order valence-corrected chi connectivity index (χ2v) is 5.87. The first kappa shape index (κ1) is 16.6. The van der Waals surface area contributed by atoms with E-state index in [1.807, 2.05) is 42.3 Å². The van der Waals surface area contributed by atoms with Crippen molar-refractivity contribution in [1.29, 1.82) is 10.8 Å². The summed E-state index contributed by atoms with van der Waals surface area (Å²) in [6.45, 7) is 0. The highest BCUT2D eigenvalue weighted by Gasteiger charge is 2.17. The molecule has 3 rings (SSSR count). The predicted molar refractivity (Wildman–Crippen MR) is 98.6 cm³/mol. The summed E-state index contributed by atoms with van der Waals surface area (Å²) in [5, 5.41) is 16.3. The van der Waals surface area contributed by atoms with E-state index in [0.717, 1.165) is 12.0 Å². The third-order valence-electron chi connectivity index (χ3n) is 4.08. The van der Waals surface area contributed by atoms with Gasteiger partial charge in [-0.15, -0.1) is 0 Å². The molecule has 1 heterocycles. The molecule has 0 unspecified atom stereocenters. The fourth-order valence-electron chi connectivity index (χ4n) is 2.76. The zero-order chi connectivity index (χ0) is 18.1. The molecule has 0 fully saturated rings. The highest BCUT2D eigenvalue weighted by Crippen LogP contribution is 2.31. The highest BCUT2D eigenvalue weighted by molar-refractivity contribution is 5.96. The SMILES string of the molecule is CN(C)c1cc2c(cc1F)c(N(C)c1ccccc1)nc(=N)n2C=N. The first-order chi connectivity index (χ1) is 11.9. The maximum Gasteiger partial charge on any atom is 0.229 e. The largest absolute Gasteiger partial charge is 0.375 e. The van der Waals surface area contributed by atoms with E-state index in [1.165, 1.54) is 10.6 Å². The Bertz CT molecular complexity index is 994. The molecule has 0 radical (unpaired) electrons. The lowest BCUT2D eigenvalue weighted by molar-refractivity contribution is 0.627. The summed E-state index contributed by atoms with van der Waals surface area (Å²) in [6.07, 6.45) is 1.02. The molecule has 2 aromatic carbocycles. The van der Waals surface area contributed by atoms with Crippen molar-refractivity contribution in [2.75, 3.05) is 30.9 Å². The minimum atomic E-state index is -0.378. The molecule has 0 bridgehead atoms. The first-order valence-electron chi connectivity index (χ1n) is 7.71. The molecule has 0 spiro atoms. The van der Waals surface area contributed by atoms with Gasteiger partial charge in [-0.2, -0.15) is 4.98 Å². The van der Waals surface area contributed by atoms with Crippen LogP contribution in [-0.2, 0) is 0 Å². The van der Waals surface area contributed by atoms with Gasteiger partial charge in [-0.25, -0.2) is 4.39 Å². The minimum absolute atomic E-state index is 0.0865. The molecule has 0 aliphatic heterocycles. The van der Waals surface area contributed by atoms with Crippen LogP contribution in [0.4, 0.5) is 21.6 Å². The lowest BCUT2D eigenvalue weighted by Gasteiger charge is -2.22. The normalized spacial score (nSPS) is 10.7. The zero-order valence-corrected chi connectivity index (χ0v) is 14.3. The summed E-state index contributed by atoms with van der Waals surface area (Å²) in [6, 6.07) is 12.6. The van der Waals surface area contributed by atoms with Gasteiger partial charge in [0.2, 0.25) is 5.62 Å². The number of anilines is 3. The van der Waals surface area contributed by atoms with Gasteiger partial charge in [-0.05, 0) is 24.3 Å². The van der Waals surface area contributed by atoms with E-state index in [2.05, 4.69) is 4.98 Å². The van der Waals surface area contributed by atoms with Crippen LogP contribution in [0.2, 0.25) is 0 Å². The van der Waals surface area contributed by atoms with Gasteiger partial charge in [0, 0.05) is 32.2 Å². The Morgan fingerprint density at radius 1 is 1.12 bits per heavy atom. The van der Waals surface area contributed by atoms with Gasteiger partial charge in [0.25, 0.3) is 0 Å². The molecular weight excluding hydrogens is 319 g/mol. The van der Waals surface area contributed by atoms with Gasteiger partial charge >= 0.3 is 0 Å². The number of hydrogen-bond donors (Lipinski definition) is 2. The molecule has 3 aromatic rings. The number of fused-ring (bicyclic) bond motifs is 1. The molecule has 1 aromatic heterocycles. The number of aromatic nitrogens is 2. The topological polar surface area (TPSA) is 72.0 Å². The average molecular weight is 338 g/mol. The average Bonchev–Trinajstić information content (AvgIpc) is 2.61. The maximum atomic E-state index is 14.6. The van der Waals surface area contributed by atoms with Crippen LogP contribution in [0.1, 0.15) is 0 Å². The van der Waals surface area contributed by atoms with E-state index >= 15 is 0 Å². The van der Waals surface area contributed by atoms with Gasteiger partial charge in [-0.3, -0.25) is 15.4 Å². The summed E-state index contributed by atoms with van der Waals surface area (Å²) in [5.41, 5.74) is 1.73. The Morgan fingerprint density at radius 3 is 2.40 bits per heavy atom. The Balaban J connectivity index is 2.35. The van der Waals surface area contributed by atoms with Crippen LogP contribution < -0.4 is 15.4 Å². The van der Waals surface area contributed by atoms with Gasteiger partial charge in [-0.1, -0.05) is 18.2 Å². The molecule has 25 heavy (non-hydrogen) atoms. The van der Waals surface area contributed by atoms with Crippen LogP contribution >= 0.6 is 0 Å². The van der Waals surface area contributed by atoms with Crippen LogP contribution in [0.15, 0.2) is 42.5 Å². The molecule has 0 aliphatic carbocycles. The van der Waals surface area contributed by atoms with Gasteiger partial charge in [0.15, 0.2) is 0 Å². The summed E-state index contributed by atoms with van der Waals surface area (Å²) in [7, 11) is 5.32. The summed E-state index contributed by atoms with van der Waals surface area (Å²) in [5.74, 6) is 0.0878. The molecule has 6 nitrogen and oxygen atoms in total. The van der Waals surface area contributed by atoms with E-state index in [1.54, 1.807) is 25.1 Å². The molecule has 0 aliphatic rings.